The molecule has 0 unspecified atom stereocenters. The number of amides is 2. The van der Waals surface area contributed by atoms with E-state index >= 15 is 0 Å². The minimum atomic E-state index is -0.478. The van der Waals surface area contributed by atoms with Gasteiger partial charge in [0.15, 0.2) is 0 Å². The summed E-state index contributed by atoms with van der Waals surface area (Å²) < 4.78 is 0. The minimum Gasteiger partial charge on any atom is -0.352 e. The average Bonchev–Trinajstić information content (AvgIpc) is 2.97. The molecule has 7 heteroatoms. The standard InChI is InChI=1S/C10H18N6O/c11-10(17)14-2-1-9(15-5-3-12-7-15)16-6-4-13-8-16/h7-9H,1-6H2,(H3,11,14,17). The van der Waals surface area contributed by atoms with Gasteiger partial charge in [-0.1, -0.05) is 0 Å². The lowest BCUT2D eigenvalue weighted by Gasteiger charge is -2.34. The van der Waals surface area contributed by atoms with E-state index in [9.17, 15) is 4.79 Å². The van der Waals surface area contributed by atoms with Crippen LogP contribution >= 0.6 is 0 Å². The molecule has 17 heavy (non-hydrogen) atoms. The molecule has 0 aliphatic carbocycles. The molecule has 0 aromatic heterocycles. The number of rotatable bonds is 5. The van der Waals surface area contributed by atoms with Gasteiger partial charge in [-0.05, 0) is 0 Å². The topological polar surface area (TPSA) is 86.3 Å². The first-order chi connectivity index (χ1) is 8.27. The van der Waals surface area contributed by atoms with Crippen molar-refractivity contribution in [2.24, 2.45) is 15.7 Å². The SMILES string of the molecule is NC(=O)NCCC(N1C=NCC1)N1C=NCC1. The van der Waals surface area contributed by atoms with E-state index in [1.807, 2.05) is 12.7 Å². The van der Waals surface area contributed by atoms with Gasteiger partial charge in [-0.25, -0.2) is 4.79 Å². The van der Waals surface area contributed by atoms with Crippen LogP contribution in [0, 0.1) is 0 Å². The first kappa shape index (κ1) is 11.7. The smallest absolute Gasteiger partial charge is 0.312 e. The molecule has 3 N–H and O–H groups in total. The fourth-order valence-corrected chi connectivity index (χ4v) is 2.09. The Bertz CT molecular complexity index is 307. The third-order valence-electron chi connectivity index (χ3n) is 2.90. The van der Waals surface area contributed by atoms with Gasteiger partial charge in [0.2, 0.25) is 0 Å². The first-order valence-corrected chi connectivity index (χ1v) is 5.82. The maximum absolute atomic E-state index is 10.7. The molecule has 0 aromatic rings. The van der Waals surface area contributed by atoms with E-state index in [2.05, 4.69) is 25.1 Å². The maximum atomic E-state index is 10.7. The number of hydrogen-bond donors (Lipinski definition) is 2. The summed E-state index contributed by atoms with van der Waals surface area (Å²) in [6.07, 6.45) is 4.77. The van der Waals surface area contributed by atoms with Crippen LogP contribution in [-0.4, -0.2) is 67.4 Å². The highest BCUT2D eigenvalue weighted by Gasteiger charge is 2.24. The quantitative estimate of drug-likeness (QED) is 0.648. The Hall–Kier alpha value is -1.79. The molecule has 94 valence electrons. The monoisotopic (exact) mass is 238 g/mol. The van der Waals surface area contributed by atoms with Crippen molar-refractivity contribution in [2.75, 3.05) is 32.7 Å². The van der Waals surface area contributed by atoms with Crippen molar-refractivity contribution in [2.45, 2.75) is 12.6 Å². The highest BCUT2D eigenvalue weighted by molar-refractivity contribution is 5.71. The van der Waals surface area contributed by atoms with E-state index in [4.69, 9.17) is 5.73 Å². The van der Waals surface area contributed by atoms with Crippen LogP contribution in [-0.2, 0) is 0 Å². The Morgan fingerprint density at radius 3 is 2.29 bits per heavy atom. The molecule has 0 atom stereocenters. The van der Waals surface area contributed by atoms with Crippen molar-refractivity contribution in [1.29, 1.82) is 0 Å². The van der Waals surface area contributed by atoms with Crippen molar-refractivity contribution in [3.05, 3.63) is 0 Å². The number of hydrogen-bond acceptors (Lipinski definition) is 5. The van der Waals surface area contributed by atoms with Gasteiger partial charge in [-0.15, -0.1) is 0 Å². The van der Waals surface area contributed by atoms with E-state index in [1.54, 1.807) is 0 Å². The zero-order chi connectivity index (χ0) is 12.1. The number of primary amides is 1. The molecule has 0 aromatic carbocycles. The molecule has 0 spiro atoms. The fourth-order valence-electron chi connectivity index (χ4n) is 2.09. The summed E-state index contributed by atoms with van der Waals surface area (Å²) in [4.78, 5) is 23.5. The molecule has 2 heterocycles. The Morgan fingerprint density at radius 2 is 1.88 bits per heavy atom. The lowest BCUT2D eigenvalue weighted by molar-refractivity contribution is 0.177. The van der Waals surface area contributed by atoms with Crippen LogP contribution in [0.15, 0.2) is 9.98 Å². The molecule has 7 nitrogen and oxygen atoms in total. The predicted molar refractivity (Wildman–Crippen MR) is 66.1 cm³/mol. The van der Waals surface area contributed by atoms with Crippen LogP contribution < -0.4 is 11.1 Å². The Kier molecular flexibility index (Phi) is 3.79. The summed E-state index contributed by atoms with van der Waals surface area (Å²) in [5.74, 6) is 0. The average molecular weight is 238 g/mol. The van der Waals surface area contributed by atoms with Gasteiger partial charge in [0.25, 0.3) is 0 Å². The molecule has 2 rings (SSSR count). The van der Waals surface area contributed by atoms with E-state index in [0.29, 0.717) is 6.54 Å². The zero-order valence-electron chi connectivity index (χ0n) is 9.75. The molecule has 0 bridgehead atoms. The van der Waals surface area contributed by atoms with Crippen molar-refractivity contribution in [3.63, 3.8) is 0 Å². The van der Waals surface area contributed by atoms with Crippen LogP contribution in [0.25, 0.3) is 0 Å². The molecule has 0 fully saturated rings. The number of aliphatic imine (C=N–C) groups is 2. The Labute approximate surface area is 100 Å². The van der Waals surface area contributed by atoms with Gasteiger partial charge in [0.05, 0.1) is 25.8 Å². The normalized spacial score (nSPS) is 18.4. The van der Waals surface area contributed by atoms with Gasteiger partial charge < -0.3 is 20.9 Å². The lowest BCUT2D eigenvalue weighted by Crippen LogP contribution is -2.48. The molecule has 0 saturated heterocycles. The highest BCUT2D eigenvalue weighted by Crippen LogP contribution is 2.12. The fraction of sp³-hybridized carbons (Fsp3) is 0.700. The first-order valence-electron chi connectivity index (χ1n) is 5.82. The summed E-state index contributed by atoms with van der Waals surface area (Å²) >= 11 is 0. The van der Waals surface area contributed by atoms with Crippen LogP contribution in [0.1, 0.15) is 6.42 Å². The van der Waals surface area contributed by atoms with Crippen molar-refractivity contribution >= 4 is 18.7 Å². The van der Waals surface area contributed by atoms with Gasteiger partial charge in [-0.3, -0.25) is 9.98 Å². The third kappa shape index (κ3) is 3.08. The van der Waals surface area contributed by atoms with Crippen LogP contribution in [0.4, 0.5) is 4.79 Å². The zero-order valence-corrected chi connectivity index (χ0v) is 9.75. The highest BCUT2D eigenvalue weighted by atomic mass is 16.2. The molecular formula is C10H18N6O. The van der Waals surface area contributed by atoms with E-state index in [1.165, 1.54) is 0 Å². The summed E-state index contributed by atoms with van der Waals surface area (Å²) in [7, 11) is 0. The van der Waals surface area contributed by atoms with Gasteiger partial charge >= 0.3 is 6.03 Å². The number of carbonyl (C=O) groups is 1. The van der Waals surface area contributed by atoms with E-state index in [0.717, 1.165) is 32.6 Å². The van der Waals surface area contributed by atoms with Crippen LogP contribution in [0.2, 0.25) is 0 Å². The molecule has 0 radical (unpaired) electrons. The second kappa shape index (κ2) is 5.51. The number of carbonyl (C=O) groups excluding carboxylic acids is 1. The second-order valence-corrected chi connectivity index (χ2v) is 4.08. The van der Waals surface area contributed by atoms with Crippen LogP contribution in [0.3, 0.4) is 0 Å². The summed E-state index contributed by atoms with van der Waals surface area (Å²) in [6.45, 7) is 4.08. The third-order valence-corrected chi connectivity index (χ3v) is 2.90. The molecule has 0 saturated carbocycles. The maximum Gasteiger partial charge on any atom is 0.312 e. The molecule has 2 amide bonds. The number of nitrogens with one attached hydrogen (secondary N) is 1. The van der Waals surface area contributed by atoms with Gasteiger partial charge in [0, 0.05) is 26.1 Å². The number of urea groups is 1. The molecular weight excluding hydrogens is 220 g/mol. The second-order valence-electron chi connectivity index (χ2n) is 4.08. The summed E-state index contributed by atoms with van der Waals surface area (Å²) in [5, 5.41) is 2.62. The predicted octanol–water partition coefficient (Wildman–Crippen LogP) is -0.941. The van der Waals surface area contributed by atoms with Crippen molar-refractivity contribution in [3.8, 4) is 0 Å². The molecule has 2 aliphatic heterocycles. The van der Waals surface area contributed by atoms with E-state index < -0.39 is 6.03 Å². The van der Waals surface area contributed by atoms with Gasteiger partial charge in [0.1, 0.15) is 6.17 Å². The van der Waals surface area contributed by atoms with E-state index in [-0.39, 0.29) is 6.17 Å². The summed E-state index contributed by atoms with van der Waals surface area (Å²) in [6, 6.07) is -0.478. The van der Waals surface area contributed by atoms with Crippen molar-refractivity contribution < 1.29 is 4.79 Å². The van der Waals surface area contributed by atoms with Gasteiger partial charge in [-0.2, -0.15) is 0 Å². The number of nitrogens with two attached hydrogens (primary N) is 1. The Morgan fingerprint density at radius 1 is 1.29 bits per heavy atom. The van der Waals surface area contributed by atoms with Crippen LogP contribution in [0.5, 0.6) is 0 Å². The summed E-state index contributed by atoms with van der Waals surface area (Å²) in [5.41, 5.74) is 5.06. The lowest BCUT2D eigenvalue weighted by atomic mass is 10.2. The molecule has 2 aliphatic rings. The Balaban J connectivity index is 1.89. The minimum absolute atomic E-state index is 0.208. The van der Waals surface area contributed by atoms with Crippen molar-refractivity contribution in [1.82, 2.24) is 15.1 Å². The largest absolute Gasteiger partial charge is 0.352 e. The number of nitrogens with zero attached hydrogens (tertiary/aromatic N) is 4.